The van der Waals surface area contributed by atoms with Crippen molar-refractivity contribution in [3.63, 3.8) is 0 Å². The van der Waals surface area contributed by atoms with E-state index in [-0.39, 0.29) is 17.9 Å². The molecule has 0 radical (unpaired) electrons. The van der Waals surface area contributed by atoms with Crippen LogP contribution in [0.2, 0.25) is 0 Å². The van der Waals surface area contributed by atoms with E-state index in [2.05, 4.69) is 11.4 Å². The molecule has 7 heteroatoms. The molecule has 1 saturated carbocycles. The van der Waals surface area contributed by atoms with E-state index in [1.807, 2.05) is 32.9 Å². The zero-order valence-electron chi connectivity index (χ0n) is 16.6. The van der Waals surface area contributed by atoms with Crippen molar-refractivity contribution in [2.24, 2.45) is 5.92 Å². The maximum absolute atomic E-state index is 13.0. The smallest absolute Gasteiger partial charge is 0.411 e. The van der Waals surface area contributed by atoms with E-state index >= 15 is 0 Å². The van der Waals surface area contributed by atoms with Gasteiger partial charge < -0.3 is 15.8 Å². The fraction of sp³-hybridized carbons (Fsp3) is 0.571. The number of nitrogen functional groups attached to an aromatic ring is 1. The van der Waals surface area contributed by atoms with E-state index < -0.39 is 23.8 Å². The van der Waals surface area contributed by atoms with Crippen LogP contribution in [0.3, 0.4) is 0 Å². The fourth-order valence-electron chi connectivity index (χ4n) is 4.24. The van der Waals surface area contributed by atoms with E-state index in [1.165, 1.54) is 0 Å². The van der Waals surface area contributed by atoms with Crippen molar-refractivity contribution < 1.29 is 14.3 Å². The second kappa shape index (κ2) is 7.70. The minimum atomic E-state index is -0.686. The van der Waals surface area contributed by atoms with Crippen molar-refractivity contribution in [1.82, 2.24) is 10.2 Å². The third kappa shape index (κ3) is 4.38. The number of ether oxygens (including phenoxy) is 1. The van der Waals surface area contributed by atoms with Gasteiger partial charge in [0.05, 0.1) is 6.07 Å². The molecule has 2 amide bonds. The number of nitriles is 1. The van der Waals surface area contributed by atoms with Crippen molar-refractivity contribution in [3.8, 4) is 6.07 Å². The summed E-state index contributed by atoms with van der Waals surface area (Å²) < 4.78 is 5.52. The topological polar surface area (TPSA) is 108 Å². The molecule has 1 heterocycles. The van der Waals surface area contributed by atoms with Crippen LogP contribution in [0.1, 0.15) is 45.6 Å². The lowest BCUT2D eigenvalue weighted by Crippen LogP contribution is -2.55. The zero-order chi connectivity index (χ0) is 20.5. The Kier molecular flexibility index (Phi) is 5.50. The third-order valence-electron chi connectivity index (χ3n) is 5.32. The van der Waals surface area contributed by atoms with Gasteiger partial charge in [-0.25, -0.2) is 4.79 Å². The van der Waals surface area contributed by atoms with Crippen LogP contribution in [0.5, 0.6) is 0 Å². The minimum absolute atomic E-state index is 0.0325. The quantitative estimate of drug-likeness (QED) is 0.776. The second-order valence-corrected chi connectivity index (χ2v) is 8.70. The summed E-state index contributed by atoms with van der Waals surface area (Å²) >= 11 is 0. The number of nitrogens with zero attached hydrogens (tertiary/aromatic N) is 2. The summed E-state index contributed by atoms with van der Waals surface area (Å²) in [4.78, 5) is 27.3. The molecule has 0 aromatic heterocycles. The number of nitrogens with two attached hydrogens (primary N) is 1. The van der Waals surface area contributed by atoms with E-state index in [9.17, 15) is 14.9 Å². The monoisotopic (exact) mass is 384 g/mol. The molecule has 1 aliphatic heterocycles. The normalized spacial score (nSPS) is 24.5. The number of likely N-dealkylation sites (tertiary alicyclic amines) is 1. The molecule has 7 nitrogen and oxygen atoms in total. The van der Waals surface area contributed by atoms with Crippen LogP contribution in [-0.4, -0.2) is 40.6 Å². The van der Waals surface area contributed by atoms with Crippen LogP contribution in [-0.2, 0) is 16.0 Å². The van der Waals surface area contributed by atoms with Gasteiger partial charge in [-0.1, -0.05) is 12.1 Å². The van der Waals surface area contributed by atoms with E-state index in [1.54, 1.807) is 17.0 Å². The van der Waals surface area contributed by atoms with Crippen molar-refractivity contribution in [1.29, 1.82) is 5.26 Å². The Hall–Kier alpha value is -2.75. The Balaban J connectivity index is 1.70. The minimum Gasteiger partial charge on any atom is -0.444 e. The number of rotatable bonds is 4. The van der Waals surface area contributed by atoms with Crippen molar-refractivity contribution in [2.45, 2.75) is 70.2 Å². The number of carbonyl (C=O) groups excluding carboxylic acids is 2. The molecule has 2 aliphatic rings. The molecular weight excluding hydrogens is 356 g/mol. The number of amides is 2. The van der Waals surface area contributed by atoms with Crippen LogP contribution in [0, 0.1) is 17.2 Å². The molecule has 1 aromatic rings. The van der Waals surface area contributed by atoms with Crippen LogP contribution in [0.15, 0.2) is 24.3 Å². The van der Waals surface area contributed by atoms with Crippen molar-refractivity contribution in [3.05, 3.63) is 29.8 Å². The first kappa shape index (κ1) is 20.0. The maximum atomic E-state index is 13.0. The number of piperidine rings is 1. The van der Waals surface area contributed by atoms with Crippen LogP contribution in [0.25, 0.3) is 0 Å². The van der Waals surface area contributed by atoms with E-state index in [4.69, 9.17) is 10.5 Å². The number of carbonyl (C=O) groups is 2. The van der Waals surface area contributed by atoms with Gasteiger partial charge in [0.15, 0.2) is 0 Å². The summed E-state index contributed by atoms with van der Waals surface area (Å²) in [6.45, 7) is 5.43. The Morgan fingerprint density at radius 1 is 1.39 bits per heavy atom. The van der Waals surface area contributed by atoms with Crippen molar-refractivity contribution >= 4 is 17.7 Å². The molecule has 3 N–H and O–H groups in total. The second-order valence-electron chi connectivity index (χ2n) is 8.70. The van der Waals surface area contributed by atoms with Crippen LogP contribution >= 0.6 is 0 Å². The summed E-state index contributed by atoms with van der Waals surface area (Å²) in [5.74, 6) is -0.169. The molecule has 2 fully saturated rings. The standard InChI is InChI=1S/C21H28N4O3/c1-21(2,3)28-20(27)25-17-8-7-14(11-17)18(25)19(26)24-16(12-22)10-13-5-4-6-15(23)9-13/h4-6,9,14,16-18H,7-8,10-11,23H2,1-3H3,(H,24,26). The molecular formula is C21H28N4O3. The summed E-state index contributed by atoms with van der Waals surface area (Å²) in [5.41, 5.74) is 6.66. The highest BCUT2D eigenvalue weighted by atomic mass is 16.6. The summed E-state index contributed by atoms with van der Waals surface area (Å²) in [7, 11) is 0. The molecule has 1 saturated heterocycles. The van der Waals surface area contributed by atoms with Gasteiger partial charge in [-0.05, 0) is 63.6 Å². The SMILES string of the molecule is CC(C)(C)OC(=O)N1C2CCC(C2)C1C(=O)NC(C#N)Cc1cccc(N)c1. The number of hydrogen-bond acceptors (Lipinski definition) is 5. The number of hydrogen-bond donors (Lipinski definition) is 2. The van der Waals surface area contributed by atoms with Gasteiger partial charge in [0.2, 0.25) is 5.91 Å². The van der Waals surface area contributed by atoms with Gasteiger partial charge in [-0.15, -0.1) is 0 Å². The largest absolute Gasteiger partial charge is 0.444 e. The molecule has 1 aromatic carbocycles. The average molecular weight is 384 g/mol. The molecule has 3 rings (SSSR count). The highest BCUT2D eigenvalue weighted by molar-refractivity contribution is 5.87. The van der Waals surface area contributed by atoms with Crippen molar-refractivity contribution in [2.75, 3.05) is 5.73 Å². The Labute approximate surface area is 165 Å². The average Bonchev–Trinajstić information content (AvgIpc) is 3.20. The van der Waals surface area contributed by atoms with Gasteiger partial charge in [0.1, 0.15) is 17.7 Å². The predicted octanol–water partition coefficient (Wildman–Crippen LogP) is 2.61. The lowest BCUT2D eigenvalue weighted by atomic mass is 9.97. The Morgan fingerprint density at radius 3 is 2.79 bits per heavy atom. The summed E-state index contributed by atoms with van der Waals surface area (Å²) in [6, 6.07) is 8.17. The first-order chi connectivity index (χ1) is 13.2. The number of anilines is 1. The zero-order valence-corrected chi connectivity index (χ0v) is 16.6. The van der Waals surface area contributed by atoms with Gasteiger partial charge >= 0.3 is 6.09 Å². The first-order valence-corrected chi connectivity index (χ1v) is 9.73. The van der Waals surface area contributed by atoms with Crippen LogP contribution < -0.4 is 11.1 Å². The number of fused-ring (bicyclic) bond motifs is 2. The number of benzene rings is 1. The number of nitrogens with one attached hydrogen (secondary N) is 1. The molecule has 1 aliphatic carbocycles. The van der Waals surface area contributed by atoms with Crippen LogP contribution in [0.4, 0.5) is 10.5 Å². The van der Waals surface area contributed by atoms with E-state index in [0.29, 0.717) is 12.1 Å². The molecule has 2 bridgehead atoms. The molecule has 4 atom stereocenters. The Morgan fingerprint density at radius 2 is 2.14 bits per heavy atom. The highest BCUT2D eigenvalue weighted by Gasteiger charge is 2.52. The maximum Gasteiger partial charge on any atom is 0.411 e. The third-order valence-corrected chi connectivity index (χ3v) is 5.32. The first-order valence-electron chi connectivity index (χ1n) is 9.73. The lowest BCUT2D eigenvalue weighted by molar-refractivity contribution is -0.128. The van der Waals surface area contributed by atoms with Gasteiger partial charge in [0.25, 0.3) is 0 Å². The van der Waals surface area contributed by atoms with Gasteiger partial charge in [-0.2, -0.15) is 5.26 Å². The highest BCUT2D eigenvalue weighted by Crippen LogP contribution is 2.43. The fourth-order valence-corrected chi connectivity index (χ4v) is 4.24. The predicted molar refractivity (Wildman–Crippen MR) is 105 cm³/mol. The Bertz CT molecular complexity index is 796. The summed E-state index contributed by atoms with van der Waals surface area (Å²) in [5, 5.41) is 12.3. The molecule has 28 heavy (non-hydrogen) atoms. The van der Waals surface area contributed by atoms with Gasteiger partial charge in [0, 0.05) is 18.2 Å². The van der Waals surface area contributed by atoms with Gasteiger partial charge in [-0.3, -0.25) is 9.69 Å². The molecule has 4 unspecified atom stereocenters. The van der Waals surface area contributed by atoms with E-state index in [0.717, 1.165) is 24.8 Å². The summed E-state index contributed by atoms with van der Waals surface area (Å²) in [6.07, 6.45) is 2.52. The lowest BCUT2D eigenvalue weighted by Gasteiger charge is -2.35. The molecule has 0 spiro atoms. The molecule has 150 valence electrons.